The zero-order chi connectivity index (χ0) is 33.0. The molecule has 2 aromatic carbocycles. The number of anilines is 1. The number of aromatic nitrogens is 4. The van der Waals surface area contributed by atoms with E-state index in [9.17, 15) is 14.4 Å². The number of ether oxygens (including phenoxy) is 3. The van der Waals surface area contributed by atoms with Crippen LogP contribution in [-0.4, -0.2) is 50.5 Å². The van der Waals surface area contributed by atoms with E-state index < -0.39 is 29.6 Å². The Morgan fingerprint density at radius 3 is 2.31 bits per heavy atom. The fourth-order valence-corrected chi connectivity index (χ4v) is 4.92. The van der Waals surface area contributed by atoms with Gasteiger partial charge in [-0.3, -0.25) is 24.0 Å². The minimum atomic E-state index is -0.775. The van der Waals surface area contributed by atoms with Crippen LogP contribution in [0.2, 0.25) is 0 Å². The second kappa shape index (κ2) is 16.3. The number of rotatable bonds is 11. The Morgan fingerprint density at radius 2 is 1.67 bits per heavy atom. The second-order valence-electron chi connectivity index (χ2n) is 11.1. The molecule has 1 amide bonds. The monoisotopic (exact) mass is 696 g/mol. The highest BCUT2D eigenvalue weighted by Crippen LogP contribution is 2.31. The topological polar surface area (TPSA) is 153 Å². The quantitative estimate of drug-likeness (QED) is 0.166. The van der Waals surface area contributed by atoms with Crippen LogP contribution in [0.25, 0.3) is 16.6 Å². The number of halogens is 2. The molecule has 0 aliphatic rings. The normalized spacial score (nSPS) is 12.0. The Labute approximate surface area is 290 Å². The highest BCUT2D eigenvalue weighted by molar-refractivity contribution is 6.04. The number of pyridine rings is 2. The molecule has 2 atom stereocenters. The maximum atomic E-state index is 13.7. The van der Waals surface area contributed by atoms with E-state index in [4.69, 9.17) is 19.9 Å². The van der Waals surface area contributed by atoms with E-state index in [1.807, 2.05) is 38.1 Å². The van der Waals surface area contributed by atoms with Crippen LogP contribution < -0.4 is 26.1 Å². The summed E-state index contributed by atoms with van der Waals surface area (Å²) in [4.78, 5) is 48.5. The van der Waals surface area contributed by atoms with Crippen molar-refractivity contribution >= 4 is 53.4 Å². The fraction of sp³-hybridized carbons (Fsp3) is 0.265. The van der Waals surface area contributed by atoms with Crippen LogP contribution in [0.3, 0.4) is 0 Å². The largest absolute Gasteiger partial charge is 0.497 e. The van der Waals surface area contributed by atoms with Crippen LogP contribution in [0.5, 0.6) is 17.2 Å². The first kappa shape index (κ1) is 37.5. The Hall–Kier alpha value is -4.91. The number of fused-ring (bicyclic) bond motifs is 1. The third kappa shape index (κ3) is 8.14. The SMILES string of the molecule is COc1ccc2c(Oc3ccc(NC(=O)c4c(C)n(C[C@@H](C)OC(=O)[C@@H](N)C(C)C)n(-c5ccccc5)c4=O)nc3)ccnc2c1.Cl.Cl. The maximum Gasteiger partial charge on any atom is 0.323 e. The highest BCUT2D eigenvalue weighted by atomic mass is 35.5. The lowest BCUT2D eigenvalue weighted by Crippen LogP contribution is -2.39. The molecule has 14 heteroatoms. The van der Waals surface area contributed by atoms with Gasteiger partial charge in [-0.15, -0.1) is 24.8 Å². The molecule has 0 radical (unpaired) electrons. The number of benzene rings is 2. The Kier molecular flexibility index (Phi) is 12.7. The van der Waals surface area contributed by atoms with Gasteiger partial charge in [0, 0.05) is 17.6 Å². The molecular formula is C34H38Cl2N6O6. The second-order valence-corrected chi connectivity index (χ2v) is 11.1. The summed E-state index contributed by atoms with van der Waals surface area (Å²) in [6, 6.07) is 18.6. The molecule has 3 aromatic heterocycles. The van der Waals surface area contributed by atoms with Crippen molar-refractivity contribution in [1.29, 1.82) is 0 Å². The van der Waals surface area contributed by atoms with Gasteiger partial charge in [0.1, 0.15) is 40.8 Å². The maximum absolute atomic E-state index is 13.7. The number of hydrogen-bond donors (Lipinski definition) is 2. The smallest absolute Gasteiger partial charge is 0.323 e. The molecule has 254 valence electrons. The zero-order valence-electron chi connectivity index (χ0n) is 27.1. The molecular weight excluding hydrogens is 659 g/mol. The van der Waals surface area contributed by atoms with Crippen molar-refractivity contribution in [3.63, 3.8) is 0 Å². The Balaban J connectivity index is 0.00000312. The first-order valence-electron chi connectivity index (χ1n) is 14.8. The molecule has 5 aromatic rings. The van der Waals surface area contributed by atoms with Crippen molar-refractivity contribution < 1.29 is 23.8 Å². The van der Waals surface area contributed by atoms with Gasteiger partial charge in [0.25, 0.3) is 11.5 Å². The molecule has 0 aliphatic carbocycles. The Bertz CT molecular complexity index is 1930. The molecule has 0 fully saturated rings. The van der Waals surface area contributed by atoms with E-state index >= 15 is 0 Å². The summed E-state index contributed by atoms with van der Waals surface area (Å²) in [7, 11) is 1.59. The average molecular weight is 698 g/mol. The van der Waals surface area contributed by atoms with E-state index in [1.165, 1.54) is 10.9 Å². The van der Waals surface area contributed by atoms with Gasteiger partial charge < -0.3 is 25.3 Å². The summed E-state index contributed by atoms with van der Waals surface area (Å²) >= 11 is 0. The molecule has 3 N–H and O–H groups in total. The standard InChI is InChI=1S/C34H36N6O6.2ClH/c1-20(2)31(35)34(43)45-21(3)19-39-22(4)30(33(42)40(39)23-9-7-6-8-10-23)32(41)38-29-14-12-25(18-37-29)46-28-15-16-36-27-17-24(44-5)11-13-26(27)28;;/h6-18,20-21,31H,19,35H2,1-5H3,(H,37,38,41);2*1H/t21-,31+;;/m1../s1. The summed E-state index contributed by atoms with van der Waals surface area (Å²) in [5.74, 6) is 0.669. The molecule has 48 heavy (non-hydrogen) atoms. The molecule has 5 rings (SSSR count). The van der Waals surface area contributed by atoms with E-state index in [0.29, 0.717) is 34.1 Å². The molecule has 0 unspecified atom stereocenters. The van der Waals surface area contributed by atoms with Gasteiger partial charge in [-0.2, -0.15) is 0 Å². The van der Waals surface area contributed by atoms with Crippen molar-refractivity contribution in [3.05, 3.63) is 101 Å². The number of hydrogen-bond acceptors (Lipinski definition) is 9. The highest BCUT2D eigenvalue weighted by Gasteiger charge is 2.27. The molecule has 0 spiro atoms. The minimum absolute atomic E-state index is 0. The van der Waals surface area contributed by atoms with E-state index in [-0.39, 0.29) is 48.7 Å². The number of amides is 1. The van der Waals surface area contributed by atoms with E-state index in [2.05, 4.69) is 15.3 Å². The van der Waals surface area contributed by atoms with Gasteiger partial charge in [0.05, 0.1) is 36.7 Å². The lowest BCUT2D eigenvalue weighted by atomic mass is 10.1. The van der Waals surface area contributed by atoms with E-state index in [1.54, 1.807) is 74.3 Å². The minimum Gasteiger partial charge on any atom is -0.497 e. The van der Waals surface area contributed by atoms with Crippen molar-refractivity contribution in [2.75, 3.05) is 12.4 Å². The number of nitrogens with one attached hydrogen (secondary N) is 1. The van der Waals surface area contributed by atoms with Crippen molar-refractivity contribution in [2.24, 2.45) is 11.7 Å². The molecule has 0 aliphatic heterocycles. The lowest BCUT2D eigenvalue weighted by Gasteiger charge is -2.21. The van der Waals surface area contributed by atoms with E-state index in [0.717, 1.165) is 5.39 Å². The number of esters is 1. The number of carbonyl (C=O) groups excluding carboxylic acids is 2. The van der Waals surface area contributed by atoms with Gasteiger partial charge in [-0.25, -0.2) is 9.67 Å². The average Bonchev–Trinajstić information content (AvgIpc) is 3.29. The zero-order valence-corrected chi connectivity index (χ0v) is 28.7. The van der Waals surface area contributed by atoms with Gasteiger partial charge >= 0.3 is 5.97 Å². The molecule has 0 saturated carbocycles. The van der Waals surface area contributed by atoms with Gasteiger partial charge in [0.2, 0.25) is 0 Å². The van der Waals surface area contributed by atoms with Crippen molar-refractivity contribution in [1.82, 2.24) is 19.3 Å². The van der Waals surface area contributed by atoms with Crippen LogP contribution in [0.4, 0.5) is 5.82 Å². The summed E-state index contributed by atoms with van der Waals surface area (Å²) in [6.45, 7) is 7.16. The van der Waals surface area contributed by atoms with Crippen LogP contribution in [0.1, 0.15) is 36.8 Å². The van der Waals surface area contributed by atoms with Crippen molar-refractivity contribution in [2.45, 2.75) is 46.4 Å². The lowest BCUT2D eigenvalue weighted by molar-refractivity contribution is -0.151. The van der Waals surface area contributed by atoms with Gasteiger partial charge in [-0.1, -0.05) is 32.0 Å². The van der Waals surface area contributed by atoms with Gasteiger partial charge in [-0.05, 0) is 62.2 Å². The fourth-order valence-electron chi connectivity index (χ4n) is 4.92. The van der Waals surface area contributed by atoms with Crippen LogP contribution in [0, 0.1) is 12.8 Å². The van der Waals surface area contributed by atoms with Crippen LogP contribution >= 0.6 is 24.8 Å². The number of nitrogens with two attached hydrogens (primary N) is 1. The number of methoxy groups -OCH3 is 1. The predicted octanol–water partition coefficient (Wildman–Crippen LogP) is 5.70. The number of para-hydroxylation sites is 1. The Morgan fingerprint density at radius 1 is 0.958 bits per heavy atom. The van der Waals surface area contributed by atoms with Crippen molar-refractivity contribution in [3.8, 4) is 22.9 Å². The molecule has 12 nitrogen and oxygen atoms in total. The molecule has 0 saturated heterocycles. The summed E-state index contributed by atoms with van der Waals surface area (Å²) in [5.41, 5.74) is 7.02. The summed E-state index contributed by atoms with van der Waals surface area (Å²) in [6.07, 6.45) is 2.48. The van der Waals surface area contributed by atoms with Crippen LogP contribution in [-0.2, 0) is 16.1 Å². The number of carbonyl (C=O) groups is 2. The van der Waals surface area contributed by atoms with Gasteiger partial charge in [0.15, 0.2) is 0 Å². The molecule has 3 heterocycles. The third-order valence-electron chi connectivity index (χ3n) is 7.48. The summed E-state index contributed by atoms with van der Waals surface area (Å²) < 4.78 is 19.9. The summed E-state index contributed by atoms with van der Waals surface area (Å²) in [5, 5.41) is 3.51. The molecule has 0 bridgehead atoms. The first-order chi connectivity index (χ1) is 22.1. The first-order valence-corrected chi connectivity index (χ1v) is 14.8. The number of nitrogens with zero attached hydrogens (tertiary/aromatic N) is 4. The van der Waals surface area contributed by atoms with Crippen LogP contribution in [0.15, 0.2) is 83.9 Å². The predicted molar refractivity (Wildman–Crippen MR) is 188 cm³/mol. The third-order valence-corrected chi connectivity index (χ3v) is 7.48.